The van der Waals surface area contributed by atoms with Gasteiger partial charge in [0.2, 0.25) is 5.91 Å². The molecular weight excluding hydrogens is 469 g/mol. The van der Waals surface area contributed by atoms with Gasteiger partial charge in [0.15, 0.2) is 5.13 Å². The van der Waals surface area contributed by atoms with E-state index in [-0.39, 0.29) is 18.3 Å². The molecule has 0 bridgehead atoms. The van der Waals surface area contributed by atoms with Gasteiger partial charge in [-0.3, -0.25) is 9.69 Å². The highest BCUT2D eigenvalue weighted by molar-refractivity contribution is 7.99. The molecule has 1 amide bonds. The molecule has 0 aliphatic heterocycles. The van der Waals surface area contributed by atoms with Crippen LogP contribution in [0.15, 0.2) is 47.4 Å². The highest BCUT2D eigenvalue weighted by Crippen LogP contribution is 2.30. The lowest BCUT2D eigenvalue weighted by atomic mass is 10.2. The van der Waals surface area contributed by atoms with Crippen LogP contribution in [0.5, 0.6) is 0 Å². The maximum atomic E-state index is 13.2. The molecule has 0 aliphatic rings. The summed E-state index contributed by atoms with van der Waals surface area (Å²) in [7, 11) is 0. The van der Waals surface area contributed by atoms with E-state index in [0.29, 0.717) is 13.0 Å². The third kappa shape index (κ3) is 7.36. The Morgan fingerprint density at radius 3 is 2.48 bits per heavy atom. The number of halogens is 2. The summed E-state index contributed by atoms with van der Waals surface area (Å²) in [6.07, 6.45) is 0.473. The number of likely N-dealkylation sites (N-methyl/N-ethyl adjacent to an activating group) is 1. The second kappa shape index (κ2) is 12.7. The number of benzene rings is 2. The zero-order valence-electron chi connectivity index (χ0n) is 18.1. The first kappa shape index (κ1) is 25.9. The molecule has 0 aliphatic carbocycles. The lowest BCUT2D eigenvalue weighted by molar-refractivity contribution is -0.118. The molecule has 31 heavy (non-hydrogen) atoms. The molecule has 1 aromatic heterocycles. The van der Waals surface area contributed by atoms with Crippen molar-refractivity contribution in [1.29, 1.82) is 0 Å². The third-order valence-electron chi connectivity index (χ3n) is 5.00. The van der Waals surface area contributed by atoms with Gasteiger partial charge < -0.3 is 4.90 Å². The Labute approximate surface area is 204 Å². The van der Waals surface area contributed by atoms with Crippen molar-refractivity contribution in [1.82, 2.24) is 9.88 Å². The second-order valence-corrected chi connectivity index (χ2v) is 9.71. The number of fused-ring (bicyclic) bond motifs is 1. The van der Waals surface area contributed by atoms with Gasteiger partial charge in [0.25, 0.3) is 0 Å². The van der Waals surface area contributed by atoms with Crippen LogP contribution in [0, 0.1) is 6.92 Å². The summed E-state index contributed by atoms with van der Waals surface area (Å²) in [6, 6.07) is 14.0. The van der Waals surface area contributed by atoms with Crippen molar-refractivity contribution in [2.75, 3.05) is 36.8 Å². The van der Waals surface area contributed by atoms with E-state index >= 15 is 0 Å². The minimum Gasteiger partial charge on any atom is -0.302 e. The van der Waals surface area contributed by atoms with Gasteiger partial charge in [-0.2, -0.15) is 0 Å². The molecule has 0 spiro atoms. The predicted octanol–water partition coefficient (Wildman–Crippen LogP) is 6.54. The lowest BCUT2D eigenvalue weighted by Crippen LogP contribution is -2.39. The Morgan fingerprint density at radius 2 is 1.81 bits per heavy atom. The Balaban J connectivity index is 0.00000341. The maximum absolute atomic E-state index is 13.2. The van der Waals surface area contributed by atoms with E-state index in [1.165, 1.54) is 5.56 Å². The standard InChI is InChI=1S/C23H28ClN3OS2.ClH/c1-4-26(5-2)13-14-27(23-25-20-11-6-17(3)16-21(20)30-23)22(28)12-15-29-19-9-7-18(24)8-10-19;/h6-11,16H,4-5,12-15H2,1-3H3;1H. The van der Waals surface area contributed by atoms with Crippen LogP contribution in [0.1, 0.15) is 25.8 Å². The van der Waals surface area contributed by atoms with E-state index in [4.69, 9.17) is 16.6 Å². The van der Waals surface area contributed by atoms with Gasteiger partial charge in [-0.1, -0.05) is 42.9 Å². The number of aromatic nitrogens is 1. The first-order valence-corrected chi connectivity index (χ1v) is 12.5. The topological polar surface area (TPSA) is 36.4 Å². The molecule has 4 nitrogen and oxygen atoms in total. The first-order valence-electron chi connectivity index (χ1n) is 10.3. The van der Waals surface area contributed by atoms with Crippen LogP contribution in [0.4, 0.5) is 5.13 Å². The number of thioether (sulfide) groups is 1. The average molecular weight is 499 g/mol. The van der Waals surface area contributed by atoms with Crippen LogP contribution in [0.3, 0.4) is 0 Å². The number of nitrogens with zero attached hydrogens (tertiary/aromatic N) is 3. The second-order valence-electron chi connectivity index (χ2n) is 7.09. The molecule has 3 aromatic rings. The SMILES string of the molecule is CCN(CC)CCN(C(=O)CCSc1ccc(Cl)cc1)c1nc2ccc(C)cc2s1.Cl. The number of rotatable bonds is 10. The van der Waals surface area contributed by atoms with Gasteiger partial charge >= 0.3 is 0 Å². The van der Waals surface area contributed by atoms with E-state index in [1.807, 2.05) is 35.2 Å². The molecule has 3 rings (SSSR count). The van der Waals surface area contributed by atoms with Crippen LogP contribution in [0.2, 0.25) is 5.02 Å². The number of thiazole rings is 1. The number of carbonyl (C=O) groups excluding carboxylic acids is 1. The Bertz CT molecular complexity index is 975. The number of hydrogen-bond acceptors (Lipinski definition) is 5. The summed E-state index contributed by atoms with van der Waals surface area (Å²) in [5, 5.41) is 1.52. The summed E-state index contributed by atoms with van der Waals surface area (Å²) in [5.41, 5.74) is 2.16. The quantitative estimate of drug-likeness (QED) is 0.298. The van der Waals surface area contributed by atoms with Crippen LogP contribution >= 0.6 is 47.1 Å². The Kier molecular flexibility index (Phi) is 10.6. The number of aryl methyl sites for hydroxylation is 1. The molecule has 0 radical (unpaired) electrons. The van der Waals surface area contributed by atoms with E-state index < -0.39 is 0 Å². The lowest BCUT2D eigenvalue weighted by Gasteiger charge is -2.24. The monoisotopic (exact) mass is 497 g/mol. The minimum atomic E-state index is 0. The predicted molar refractivity (Wildman–Crippen MR) is 139 cm³/mol. The number of amides is 1. The molecule has 1 heterocycles. The minimum absolute atomic E-state index is 0. The summed E-state index contributed by atoms with van der Waals surface area (Å²) in [5.74, 6) is 0.853. The zero-order valence-corrected chi connectivity index (χ0v) is 21.3. The van der Waals surface area contributed by atoms with E-state index in [9.17, 15) is 4.79 Å². The highest BCUT2D eigenvalue weighted by Gasteiger charge is 2.20. The van der Waals surface area contributed by atoms with Crippen molar-refractivity contribution in [3.05, 3.63) is 53.1 Å². The molecule has 8 heteroatoms. The van der Waals surface area contributed by atoms with Gasteiger partial charge in [-0.05, 0) is 62.0 Å². The fourth-order valence-electron chi connectivity index (χ4n) is 3.17. The number of anilines is 1. The molecule has 0 atom stereocenters. The summed E-state index contributed by atoms with van der Waals surface area (Å²) in [6.45, 7) is 9.84. The van der Waals surface area contributed by atoms with Crippen LogP contribution in [0.25, 0.3) is 10.2 Å². The van der Waals surface area contributed by atoms with E-state index in [1.54, 1.807) is 23.1 Å². The molecule has 0 saturated heterocycles. The maximum Gasteiger partial charge on any atom is 0.229 e. The van der Waals surface area contributed by atoms with Crippen molar-refractivity contribution in [2.24, 2.45) is 0 Å². The number of hydrogen-bond donors (Lipinski definition) is 0. The van der Waals surface area contributed by atoms with Crippen LogP contribution in [-0.4, -0.2) is 47.7 Å². The highest BCUT2D eigenvalue weighted by atomic mass is 35.5. The molecular formula is C23H29Cl2N3OS2. The van der Waals surface area contributed by atoms with Crippen LogP contribution in [-0.2, 0) is 4.79 Å². The number of carbonyl (C=O) groups is 1. The summed E-state index contributed by atoms with van der Waals surface area (Å²) >= 11 is 9.23. The largest absolute Gasteiger partial charge is 0.302 e. The van der Waals surface area contributed by atoms with Crippen molar-refractivity contribution >= 4 is 68.4 Å². The molecule has 0 fully saturated rings. The summed E-state index contributed by atoms with van der Waals surface area (Å²) in [4.78, 5) is 23.3. The van der Waals surface area contributed by atoms with Crippen molar-refractivity contribution in [3.63, 3.8) is 0 Å². The Morgan fingerprint density at radius 1 is 1.10 bits per heavy atom. The third-order valence-corrected chi connectivity index (χ3v) is 7.30. The Hall–Kier alpha value is -1.31. The fourth-order valence-corrected chi connectivity index (χ4v) is 5.24. The zero-order chi connectivity index (χ0) is 21.5. The van der Waals surface area contributed by atoms with Crippen molar-refractivity contribution < 1.29 is 4.79 Å². The van der Waals surface area contributed by atoms with Gasteiger partial charge in [0.1, 0.15) is 0 Å². The summed E-state index contributed by atoms with van der Waals surface area (Å²) < 4.78 is 1.13. The molecule has 0 saturated carbocycles. The van der Waals surface area contributed by atoms with Gasteiger partial charge in [-0.25, -0.2) is 4.98 Å². The molecule has 168 valence electrons. The smallest absolute Gasteiger partial charge is 0.229 e. The van der Waals surface area contributed by atoms with E-state index in [0.717, 1.165) is 50.7 Å². The van der Waals surface area contributed by atoms with Crippen molar-refractivity contribution in [2.45, 2.75) is 32.1 Å². The normalized spacial score (nSPS) is 11.0. The van der Waals surface area contributed by atoms with Crippen molar-refractivity contribution in [3.8, 4) is 0 Å². The average Bonchev–Trinajstić information content (AvgIpc) is 3.15. The van der Waals surface area contributed by atoms with Gasteiger partial charge in [-0.15, -0.1) is 24.2 Å². The molecule has 0 unspecified atom stereocenters. The first-order chi connectivity index (χ1) is 14.5. The molecule has 2 aromatic carbocycles. The van der Waals surface area contributed by atoms with Crippen LogP contribution < -0.4 is 4.90 Å². The fraction of sp³-hybridized carbons (Fsp3) is 0.391. The van der Waals surface area contributed by atoms with Gasteiger partial charge in [0.05, 0.1) is 10.2 Å². The van der Waals surface area contributed by atoms with E-state index in [2.05, 4.69) is 37.8 Å². The van der Waals surface area contributed by atoms with Gasteiger partial charge in [0, 0.05) is 35.2 Å². The molecule has 0 N–H and O–H groups in total.